The van der Waals surface area contributed by atoms with Crippen LogP contribution in [0.4, 0.5) is 0 Å². The van der Waals surface area contributed by atoms with E-state index in [-0.39, 0.29) is 0 Å². The van der Waals surface area contributed by atoms with Crippen LogP contribution in [0.2, 0.25) is 0 Å². The number of hydrogen-bond donors (Lipinski definition) is 0. The summed E-state index contributed by atoms with van der Waals surface area (Å²) in [5, 5.41) is 3.50. The molecule has 90 valence electrons. The Bertz CT molecular complexity index is 227. The standard InChI is InChI=1S/C15H18S2/c1-11(2)17-15-9-5-7-13(15)10-12-6-4-8-14(12)16-3/h4-9,11H,10H2,1-3H3. The SMILES string of the molecule is CS[C]1[CH][CH][CH][C]1C[C]1[CH][CH][CH][C]1SC(C)C. The maximum absolute atomic E-state index is 2.25. The van der Waals surface area contributed by atoms with Crippen molar-refractivity contribution in [2.45, 2.75) is 25.5 Å². The van der Waals surface area contributed by atoms with E-state index in [0.29, 0.717) is 5.25 Å². The van der Waals surface area contributed by atoms with Crippen molar-refractivity contribution in [2.24, 2.45) is 0 Å². The molecule has 0 atom stereocenters. The van der Waals surface area contributed by atoms with Gasteiger partial charge in [-0.05, 0) is 68.3 Å². The van der Waals surface area contributed by atoms with E-state index in [2.05, 4.69) is 58.6 Å². The summed E-state index contributed by atoms with van der Waals surface area (Å²) in [4.78, 5) is 0. The Balaban J connectivity index is 1.84. The molecule has 0 heterocycles. The first-order valence-electron chi connectivity index (χ1n) is 5.90. The molecule has 0 spiro atoms. The van der Waals surface area contributed by atoms with E-state index in [4.69, 9.17) is 0 Å². The highest BCUT2D eigenvalue weighted by atomic mass is 32.2. The maximum atomic E-state index is 2.25. The normalized spacial score (nSPS) is 25.4. The van der Waals surface area contributed by atoms with Gasteiger partial charge < -0.3 is 0 Å². The average Bonchev–Trinajstić information content (AvgIpc) is 2.88. The fourth-order valence-electron chi connectivity index (χ4n) is 1.95. The molecule has 0 N–H and O–H groups in total. The molecule has 0 nitrogen and oxygen atoms in total. The molecule has 0 bridgehead atoms. The largest absolute Gasteiger partial charge is 0.156 e. The van der Waals surface area contributed by atoms with Crippen LogP contribution in [0.3, 0.4) is 0 Å². The van der Waals surface area contributed by atoms with Crippen LogP contribution in [0, 0.1) is 60.9 Å². The van der Waals surface area contributed by atoms with Gasteiger partial charge in [0.05, 0.1) is 0 Å². The van der Waals surface area contributed by atoms with Crippen molar-refractivity contribution < 1.29 is 0 Å². The van der Waals surface area contributed by atoms with Crippen molar-refractivity contribution in [3.05, 3.63) is 60.9 Å². The second-order valence-electron chi connectivity index (χ2n) is 4.38. The number of rotatable bonds is 5. The molecule has 0 amide bonds. The third-order valence-corrected chi connectivity index (χ3v) is 4.65. The van der Waals surface area contributed by atoms with E-state index in [0.717, 1.165) is 6.42 Å². The molecule has 2 aliphatic rings. The van der Waals surface area contributed by atoms with Gasteiger partial charge in [0, 0.05) is 10.5 Å². The van der Waals surface area contributed by atoms with Crippen LogP contribution in [-0.2, 0) is 0 Å². The first-order valence-corrected chi connectivity index (χ1v) is 8.01. The minimum absolute atomic E-state index is 0.649. The van der Waals surface area contributed by atoms with Crippen LogP contribution >= 0.6 is 23.5 Å². The van der Waals surface area contributed by atoms with Gasteiger partial charge in [0.2, 0.25) is 0 Å². The molecule has 2 rings (SSSR count). The Morgan fingerprint density at radius 3 is 2.12 bits per heavy atom. The minimum atomic E-state index is 0.649. The van der Waals surface area contributed by atoms with E-state index in [1.54, 1.807) is 0 Å². The molecule has 2 heteroatoms. The molecule has 0 unspecified atom stereocenters. The van der Waals surface area contributed by atoms with Gasteiger partial charge >= 0.3 is 0 Å². The minimum Gasteiger partial charge on any atom is -0.156 e. The molecule has 0 aliphatic heterocycles. The molecule has 0 saturated heterocycles. The molecular formula is C15H18S2. The molecule has 10 radical (unpaired) electrons. The van der Waals surface area contributed by atoms with Crippen molar-refractivity contribution in [3.63, 3.8) is 0 Å². The molecule has 0 aromatic rings. The second kappa shape index (κ2) is 6.75. The highest BCUT2D eigenvalue weighted by Crippen LogP contribution is 2.51. The zero-order chi connectivity index (χ0) is 12.3. The molecule has 17 heavy (non-hydrogen) atoms. The summed E-state index contributed by atoms with van der Waals surface area (Å²) < 4.78 is 0. The third-order valence-electron chi connectivity index (χ3n) is 2.69. The molecule has 0 aromatic heterocycles. The van der Waals surface area contributed by atoms with Gasteiger partial charge in [-0.1, -0.05) is 13.8 Å². The molecule has 2 aliphatic carbocycles. The lowest BCUT2D eigenvalue weighted by Crippen LogP contribution is -2.10. The molecule has 2 saturated carbocycles. The topological polar surface area (TPSA) is 0 Å². The van der Waals surface area contributed by atoms with E-state index >= 15 is 0 Å². The molecule has 0 aromatic carbocycles. The summed E-state index contributed by atoms with van der Waals surface area (Å²) in [5.41, 5.74) is 0. The van der Waals surface area contributed by atoms with Crippen molar-refractivity contribution in [3.8, 4) is 0 Å². The van der Waals surface area contributed by atoms with Gasteiger partial charge in [-0.3, -0.25) is 0 Å². The predicted molar refractivity (Wildman–Crippen MR) is 79.6 cm³/mol. The molecule has 2 fully saturated rings. The van der Waals surface area contributed by atoms with Gasteiger partial charge in [-0.25, -0.2) is 0 Å². The van der Waals surface area contributed by atoms with E-state index in [1.807, 2.05) is 23.5 Å². The monoisotopic (exact) mass is 262 g/mol. The Morgan fingerprint density at radius 2 is 1.53 bits per heavy atom. The highest BCUT2D eigenvalue weighted by Gasteiger charge is 2.36. The lowest BCUT2D eigenvalue weighted by molar-refractivity contribution is 0.929. The Morgan fingerprint density at radius 1 is 0.941 bits per heavy atom. The van der Waals surface area contributed by atoms with Crippen LogP contribution in [-0.4, -0.2) is 11.5 Å². The van der Waals surface area contributed by atoms with Gasteiger partial charge in [-0.15, -0.1) is 11.8 Å². The first kappa shape index (κ1) is 14.1. The fraction of sp³-hybridized carbons (Fsp3) is 0.333. The van der Waals surface area contributed by atoms with Gasteiger partial charge in [0.15, 0.2) is 0 Å². The van der Waals surface area contributed by atoms with Crippen LogP contribution in [0.25, 0.3) is 0 Å². The van der Waals surface area contributed by atoms with Crippen molar-refractivity contribution >= 4 is 23.5 Å². The van der Waals surface area contributed by atoms with Crippen molar-refractivity contribution in [2.75, 3.05) is 6.26 Å². The smallest absolute Gasteiger partial charge is 0.0417 e. The van der Waals surface area contributed by atoms with Crippen LogP contribution in [0.5, 0.6) is 0 Å². The maximum Gasteiger partial charge on any atom is 0.0417 e. The van der Waals surface area contributed by atoms with Crippen LogP contribution in [0.1, 0.15) is 20.3 Å². The quantitative estimate of drug-likeness (QED) is 0.722. The van der Waals surface area contributed by atoms with Gasteiger partial charge in [0.1, 0.15) is 0 Å². The average molecular weight is 262 g/mol. The van der Waals surface area contributed by atoms with Crippen molar-refractivity contribution in [1.82, 2.24) is 0 Å². The lowest BCUT2D eigenvalue weighted by atomic mass is 9.92. The Labute approximate surface area is 116 Å². The van der Waals surface area contributed by atoms with E-state index < -0.39 is 0 Å². The first-order chi connectivity index (χ1) is 8.20. The summed E-state index contributed by atoms with van der Waals surface area (Å²) in [6, 6.07) is 0. The second-order valence-corrected chi connectivity index (χ2v) is 6.84. The molecular weight excluding hydrogens is 244 g/mol. The Kier molecular flexibility index (Phi) is 5.60. The third kappa shape index (κ3) is 3.83. The Hall–Kier alpha value is 0.700. The van der Waals surface area contributed by atoms with Crippen molar-refractivity contribution in [1.29, 1.82) is 0 Å². The van der Waals surface area contributed by atoms with Crippen LogP contribution < -0.4 is 0 Å². The predicted octanol–water partition coefficient (Wildman–Crippen LogP) is 4.35. The van der Waals surface area contributed by atoms with E-state index in [1.165, 1.54) is 22.3 Å². The summed E-state index contributed by atoms with van der Waals surface area (Å²) in [6.07, 6.45) is 16.5. The zero-order valence-corrected chi connectivity index (χ0v) is 12.2. The van der Waals surface area contributed by atoms with Crippen LogP contribution in [0.15, 0.2) is 0 Å². The van der Waals surface area contributed by atoms with Gasteiger partial charge in [-0.2, -0.15) is 11.8 Å². The fourth-order valence-corrected chi connectivity index (χ4v) is 3.52. The summed E-state index contributed by atoms with van der Waals surface area (Å²) >= 11 is 3.80. The number of thioether (sulfide) groups is 2. The summed E-state index contributed by atoms with van der Waals surface area (Å²) in [5.74, 6) is 2.92. The van der Waals surface area contributed by atoms with E-state index in [9.17, 15) is 0 Å². The summed E-state index contributed by atoms with van der Waals surface area (Å²) in [7, 11) is 0. The summed E-state index contributed by atoms with van der Waals surface area (Å²) in [6.45, 7) is 4.49. The highest BCUT2D eigenvalue weighted by molar-refractivity contribution is 8.03. The lowest BCUT2D eigenvalue weighted by Gasteiger charge is -2.24. The number of hydrogen-bond acceptors (Lipinski definition) is 2. The van der Waals surface area contributed by atoms with Gasteiger partial charge in [0.25, 0.3) is 0 Å². The zero-order valence-electron chi connectivity index (χ0n) is 10.6.